The molecule has 8 heteroatoms. The number of rotatable bonds is 6. The lowest BCUT2D eigenvalue weighted by atomic mass is 9.76. The Labute approximate surface area is 150 Å². The summed E-state index contributed by atoms with van der Waals surface area (Å²) in [7, 11) is 0. The van der Waals surface area contributed by atoms with Gasteiger partial charge in [-0.05, 0) is 31.7 Å². The highest BCUT2D eigenvalue weighted by molar-refractivity contribution is 5.94. The quantitative estimate of drug-likeness (QED) is 0.801. The second-order valence-corrected chi connectivity index (χ2v) is 7.01. The van der Waals surface area contributed by atoms with E-state index in [0.717, 1.165) is 25.7 Å². The molecule has 0 bridgehead atoms. The molecule has 144 valence electrons. The number of ether oxygens (including phenoxy) is 2. The van der Waals surface area contributed by atoms with E-state index in [1.54, 1.807) is 0 Å². The molecule has 26 heavy (non-hydrogen) atoms. The van der Waals surface area contributed by atoms with Gasteiger partial charge < -0.3 is 19.9 Å². The highest BCUT2D eigenvalue weighted by Gasteiger charge is 2.48. The van der Waals surface area contributed by atoms with Crippen LogP contribution in [0, 0.1) is 11.3 Å². The van der Waals surface area contributed by atoms with E-state index in [-0.39, 0.29) is 28.7 Å². The minimum atomic E-state index is -2.60. The number of halogens is 2. The van der Waals surface area contributed by atoms with Crippen molar-refractivity contribution < 1.29 is 28.2 Å². The van der Waals surface area contributed by atoms with Crippen molar-refractivity contribution in [2.24, 2.45) is 11.3 Å². The summed E-state index contributed by atoms with van der Waals surface area (Å²) in [5.41, 5.74) is 0.207. The number of amides is 1. The third kappa shape index (κ3) is 4.29. The summed E-state index contributed by atoms with van der Waals surface area (Å²) in [6.45, 7) is 0.958. The van der Waals surface area contributed by atoms with Crippen LogP contribution in [0.2, 0.25) is 0 Å². The number of nitrogens with one attached hydrogen (secondary N) is 1. The zero-order valence-electron chi connectivity index (χ0n) is 14.5. The number of aromatic nitrogens is 1. The molecule has 1 amide bonds. The fourth-order valence-electron chi connectivity index (χ4n) is 3.92. The van der Waals surface area contributed by atoms with Crippen LogP contribution < -0.4 is 10.1 Å². The van der Waals surface area contributed by atoms with Gasteiger partial charge in [-0.3, -0.25) is 4.79 Å². The first-order valence-electron chi connectivity index (χ1n) is 8.91. The first kappa shape index (κ1) is 19.0. The number of carbonyl (C=O) groups excluding carboxylic acids is 1. The largest absolute Gasteiger partial charge is 0.472 e. The number of alkyl halides is 2. The van der Waals surface area contributed by atoms with Crippen LogP contribution in [0.15, 0.2) is 18.3 Å². The van der Waals surface area contributed by atoms with Crippen LogP contribution in [0.5, 0.6) is 5.88 Å². The Balaban J connectivity index is 1.53. The molecule has 2 N–H and O–H groups in total. The predicted octanol–water partition coefficient (Wildman–Crippen LogP) is 2.02. The molecule has 2 fully saturated rings. The van der Waals surface area contributed by atoms with Gasteiger partial charge in [0.25, 0.3) is 12.3 Å². The van der Waals surface area contributed by atoms with E-state index in [2.05, 4.69) is 10.3 Å². The number of hydrogen-bond acceptors (Lipinski definition) is 5. The number of aliphatic hydroxyl groups excluding tert-OH is 1. The molecule has 0 unspecified atom stereocenters. The summed E-state index contributed by atoms with van der Waals surface area (Å²) in [5, 5.41) is 13.5. The van der Waals surface area contributed by atoms with Crippen molar-refractivity contribution in [1.82, 2.24) is 10.3 Å². The normalized spacial score (nSPS) is 24.8. The van der Waals surface area contributed by atoms with Gasteiger partial charge in [0.05, 0.1) is 6.10 Å². The highest BCUT2D eigenvalue weighted by Crippen LogP contribution is 2.48. The Kier molecular flexibility index (Phi) is 6.03. The van der Waals surface area contributed by atoms with Crippen molar-refractivity contribution in [3.8, 4) is 5.88 Å². The summed E-state index contributed by atoms with van der Waals surface area (Å²) in [6.07, 6.45) is 1.81. The van der Waals surface area contributed by atoms with Crippen molar-refractivity contribution in [2.45, 2.75) is 38.2 Å². The molecule has 3 rings (SSSR count). The molecule has 0 aromatic carbocycles. The third-order valence-electron chi connectivity index (χ3n) is 5.45. The summed E-state index contributed by atoms with van der Waals surface area (Å²) >= 11 is 0. The number of nitrogens with zero attached hydrogens (tertiary/aromatic N) is 1. The van der Waals surface area contributed by atoms with E-state index in [1.807, 2.05) is 0 Å². The Morgan fingerprint density at radius 3 is 2.92 bits per heavy atom. The van der Waals surface area contributed by atoms with Gasteiger partial charge in [-0.15, -0.1) is 0 Å². The molecule has 1 aromatic heterocycles. The molecular weight excluding hydrogens is 346 g/mol. The molecule has 1 aliphatic carbocycles. The summed E-state index contributed by atoms with van der Waals surface area (Å²) in [5.74, 6) is -0.345. The lowest BCUT2D eigenvalue weighted by molar-refractivity contribution is -0.0555. The van der Waals surface area contributed by atoms with Crippen LogP contribution >= 0.6 is 0 Å². The Morgan fingerprint density at radius 1 is 1.42 bits per heavy atom. The fourth-order valence-corrected chi connectivity index (χ4v) is 3.92. The summed E-state index contributed by atoms with van der Waals surface area (Å²) in [6, 6.07) is 2.83. The zero-order valence-corrected chi connectivity index (χ0v) is 14.5. The lowest BCUT2D eigenvalue weighted by Gasteiger charge is -2.37. The van der Waals surface area contributed by atoms with E-state index < -0.39 is 19.1 Å². The van der Waals surface area contributed by atoms with Crippen molar-refractivity contribution in [3.05, 3.63) is 23.9 Å². The monoisotopic (exact) mass is 370 g/mol. The maximum atomic E-state index is 12.3. The molecule has 2 atom stereocenters. The van der Waals surface area contributed by atoms with Crippen LogP contribution in [0.3, 0.4) is 0 Å². The molecule has 0 radical (unpaired) electrons. The van der Waals surface area contributed by atoms with E-state index in [9.17, 15) is 18.7 Å². The van der Waals surface area contributed by atoms with E-state index in [4.69, 9.17) is 9.47 Å². The number of pyridine rings is 1. The standard InChI is InChI=1S/C18H24F2N2O4/c19-14(20)11-26-15-9-12(2-6-21-15)17(24)22-10-13-1-3-18(16(13)23)4-7-25-8-5-18/h2,6,9,13-14,16,23H,1,3-5,7-8,10-11H2,(H,22,24)/t13-,16-/m1/s1. The van der Waals surface area contributed by atoms with Crippen LogP contribution in [0.25, 0.3) is 0 Å². The topological polar surface area (TPSA) is 80.7 Å². The van der Waals surface area contributed by atoms with Crippen LogP contribution in [0.1, 0.15) is 36.0 Å². The van der Waals surface area contributed by atoms with Gasteiger partial charge >= 0.3 is 0 Å². The molecule has 2 heterocycles. The molecule has 1 saturated heterocycles. The Hall–Kier alpha value is -1.80. The van der Waals surface area contributed by atoms with Crippen molar-refractivity contribution in [3.63, 3.8) is 0 Å². The maximum absolute atomic E-state index is 12.3. The van der Waals surface area contributed by atoms with Crippen LogP contribution in [-0.4, -0.2) is 54.9 Å². The van der Waals surface area contributed by atoms with Gasteiger partial charge in [0, 0.05) is 48.9 Å². The molecule has 6 nitrogen and oxygen atoms in total. The lowest BCUT2D eigenvalue weighted by Crippen LogP contribution is -2.41. The summed E-state index contributed by atoms with van der Waals surface area (Å²) in [4.78, 5) is 16.1. The van der Waals surface area contributed by atoms with Gasteiger partial charge in [-0.2, -0.15) is 0 Å². The second kappa shape index (κ2) is 8.26. The van der Waals surface area contributed by atoms with E-state index in [0.29, 0.717) is 19.8 Å². The number of carbonyl (C=O) groups is 1. The fraction of sp³-hybridized carbons (Fsp3) is 0.667. The first-order chi connectivity index (χ1) is 12.5. The summed E-state index contributed by atoms with van der Waals surface area (Å²) < 4.78 is 34.6. The van der Waals surface area contributed by atoms with Gasteiger partial charge in [-0.1, -0.05) is 0 Å². The van der Waals surface area contributed by atoms with Crippen molar-refractivity contribution >= 4 is 5.91 Å². The van der Waals surface area contributed by atoms with Gasteiger partial charge in [0.15, 0.2) is 6.61 Å². The van der Waals surface area contributed by atoms with Gasteiger partial charge in [-0.25, -0.2) is 13.8 Å². The number of aliphatic hydroxyl groups is 1. The second-order valence-electron chi connectivity index (χ2n) is 7.01. The average molecular weight is 370 g/mol. The van der Waals surface area contributed by atoms with Gasteiger partial charge in [0.2, 0.25) is 5.88 Å². The molecule has 1 spiro atoms. The van der Waals surface area contributed by atoms with Crippen LogP contribution in [-0.2, 0) is 4.74 Å². The zero-order chi connectivity index (χ0) is 18.6. The number of hydrogen-bond donors (Lipinski definition) is 2. The molecular formula is C18H24F2N2O4. The molecule has 1 aromatic rings. The Bertz CT molecular complexity index is 623. The SMILES string of the molecule is O=C(NC[C@H]1CCC2(CCOCC2)[C@@H]1O)c1ccnc(OCC(F)F)c1. The van der Waals surface area contributed by atoms with Crippen LogP contribution in [0.4, 0.5) is 8.78 Å². The minimum Gasteiger partial charge on any atom is -0.472 e. The maximum Gasteiger partial charge on any atom is 0.272 e. The van der Waals surface area contributed by atoms with Crippen molar-refractivity contribution in [1.29, 1.82) is 0 Å². The molecule has 2 aliphatic rings. The minimum absolute atomic E-state index is 0.00782. The average Bonchev–Trinajstić information content (AvgIpc) is 2.94. The molecule has 1 aliphatic heterocycles. The third-order valence-corrected chi connectivity index (χ3v) is 5.45. The van der Waals surface area contributed by atoms with Crippen molar-refractivity contribution in [2.75, 3.05) is 26.4 Å². The van der Waals surface area contributed by atoms with E-state index in [1.165, 1.54) is 18.3 Å². The highest BCUT2D eigenvalue weighted by atomic mass is 19.3. The van der Waals surface area contributed by atoms with Gasteiger partial charge in [0.1, 0.15) is 0 Å². The van der Waals surface area contributed by atoms with E-state index >= 15 is 0 Å². The molecule has 1 saturated carbocycles. The smallest absolute Gasteiger partial charge is 0.272 e. The first-order valence-corrected chi connectivity index (χ1v) is 8.91. The Morgan fingerprint density at radius 2 is 2.19 bits per heavy atom. The predicted molar refractivity (Wildman–Crippen MR) is 89.3 cm³/mol.